The number of piperidine rings is 1. The number of likely N-dealkylation sites (tertiary alicyclic amines) is 2. The summed E-state index contributed by atoms with van der Waals surface area (Å²) in [4.78, 5) is 38.3. The lowest BCUT2D eigenvalue weighted by atomic mass is 10.0. The highest BCUT2D eigenvalue weighted by Gasteiger charge is 2.34. The van der Waals surface area contributed by atoms with E-state index in [0.717, 1.165) is 55.6 Å². The maximum Gasteiger partial charge on any atom is 0.272 e. The smallest absolute Gasteiger partial charge is 0.272 e. The number of aryl methyl sites for hydroxylation is 2. The molecule has 4 rings (SSSR count). The molecule has 2 fully saturated rings. The van der Waals surface area contributed by atoms with E-state index < -0.39 is 0 Å². The van der Waals surface area contributed by atoms with Crippen molar-refractivity contribution in [2.45, 2.75) is 45.1 Å². The Labute approximate surface area is 210 Å². The van der Waals surface area contributed by atoms with Gasteiger partial charge in [0, 0.05) is 44.0 Å². The molecule has 0 saturated carbocycles. The third kappa shape index (κ3) is 5.53. The van der Waals surface area contributed by atoms with E-state index in [4.69, 9.17) is 23.2 Å². The van der Waals surface area contributed by atoms with Crippen molar-refractivity contribution in [3.8, 4) is 0 Å². The molecule has 2 aromatic rings. The van der Waals surface area contributed by atoms with Gasteiger partial charge in [0.2, 0.25) is 5.91 Å². The van der Waals surface area contributed by atoms with Gasteiger partial charge in [-0.15, -0.1) is 0 Å². The molecule has 0 unspecified atom stereocenters. The van der Waals surface area contributed by atoms with Gasteiger partial charge in [0.25, 0.3) is 5.91 Å². The van der Waals surface area contributed by atoms with Crippen LogP contribution >= 0.6 is 23.2 Å². The standard InChI is InChI=1S/C25H31Cl2N5O2/c1-16-22(6-4-17-3-5-20(26)21(27)13-17)29-15-30-23(16)25(34)31-11-8-19(9-12-31)32-10-7-18(14-32)24(33)28-2/h3,5,13,15,18-19H,4,6-12,14H2,1-2H3,(H,28,33)/t18-/m1/s1. The Morgan fingerprint density at radius 2 is 1.82 bits per heavy atom. The summed E-state index contributed by atoms with van der Waals surface area (Å²) in [5, 5.41) is 3.84. The molecule has 182 valence electrons. The molecule has 2 saturated heterocycles. The number of benzene rings is 1. The first kappa shape index (κ1) is 24.9. The SMILES string of the molecule is CNC(=O)[C@@H]1CCN(C2CCN(C(=O)c3ncnc(CCc4ccc(Cl)c(Cl)c4)c3C)CC2)C1. The Bertz CT molecular complexity index is 1060. The first-order valence-corrected chi connectivity index (χ1v) is 12.6. The molecule has 0 spiro atoms. The van der Waals surface area contributed by atoms with E-state index in [9.17, 15) is 9.59 Å². The zero-order chi connectivity index (χ0) is 24.2. The fraction of sp³-hybridized carbons (Fsp3) is 0.520. The van der Waals surface area contributed by atoms with Gasteiger partial charge in [0.1, 0.15) is 12.0 Å². The van der Waals surface area contributed by atoms with Gasteiger partial charge in [-0.1, -0.05) is 29.3 Å². The monoisotopic (exact) mass is 503 g/mol. The zero-order valence-electron chi connectivity index (χ0n) is 19.7. The zero-order valence-corrected chi connectivity index (χ0v) is 21.2. The summed E-state index contributed by atoms with van der Waals surface area (Å²) in [5.41, 5.74) is 3.26. The van der Waals surface area contributed by atoms with Crippen LogP contribution in [-0.2, 0) is 17.6 Å². The molecule has 1 atom stereocenters. The van der Waals surface area contributed by atoms with E-state index >= 15 is 0 Å². The number of amides is 2. The third-order valence-corrected chi connectivity index (χ3v) is 7.87. The van der Waals surface area contributed by atoms with Crippen LogP contribution in [0.5, 0.6) is 0 Å². The van der Waals surface area contributed by atoms with Crippen LogP contribution < -0.4 is 5.32 Å². The van der Waals surface area contributed by atoms with Crippen LogP contribution in [0.3, 0.4) is 0 Å². The van der Waals surface area contributed by atoms with Crippen molar-refractivity contribution in [2.24, 2.45) is 5.92 Å². The molecule has 2 amide bonds. The summed E-state index contributed by atoms with van der Waals surface area (Å²) in [6.45, 7) is 5.09. The van der Waals surface area contributed by atoms with E-state index in [1.54, 1.807) is 13.1 Å². The molecule has 1 aromatic heterocycles. The molecule has 2 aliphatic heterocycles. The molecule has 2 aliphatic rings. The highest BCUT2D eigenvalue weighted by atomic mass is 35.5. The number of aromatic nitrogens is 2. The fourth-order valence-electron chi connectivity index (χ4n) is 5.03. The number of nitrogens with zero attached hydrogens (tertiary/aromatic N) is 4. The summed E-state index contributed by atoms with van der Waals surface area (Å²) < 4.78 is 0. The molecule has 9 heteroatoms. The van der Waals surface area contributed by atoms with Crippen LogP contribution in [0.4, 0.5) is 0 Å². The number of hydrogen-bond donors (Lipinski definition) is 1. The van der Waals surface area contributed by atoms with Crippen LogP contribution in [0.15, 0.2) is 24.5 Å². The second-order valence-corrected chi connectivity index (χ2v) is 9.97. The maximum atomic E-state index is 13.3. The molecule has 0 radical (unpaired) electrons. The molecule has 1 N–H and O–H groups in total. The number of nitrogens with one attached hydrogen (secondary N) is 1. The van der Waals surface area contributed by atoms with Gasteiger partial charge in [-0.2, -0.15) is 0 Å². The second-order valence-electron chi connectivity index (χ2n) is 9.16. The minimum atomic E-state index is -0.0289. The first-order chi connectivity index (χ1) is 16.4. The Morgan fingerprint density at radius 1 is 1.06 bits per heavy atom. The summed E-state index contributed by atoms with van der Waals surface area (Å²) in [7, 11) is 1.70. The minimum absolute atomic E-state index is 0.0289. The minimum Gasteiger partial charge on any atom is -0.359 e. The predicted molar refractivity (Wildman–Crippen MR) is 133 cm³/mol. The quantitative estimate of drug-likeness (QED) is 0.651. The Hall–Kier alpha value is -2.22. The van der Waals surface area contributed by atoms with E-state index in [1.165, 1.54) is 6.33 Å². The van der Waals surface area contributed by atoms with Crippen LogP contribution in [-0.4, -0.2) is 70.9 Å². The van der Waals surface area contributed by atoms with Gasteiger partial charge in [-0.3, -0.25) is 14.5 Å². The van der Waals surface area contributed by atoms with Gasteiger partial charge in [-0.05, 0) is 63.3 Å². The fourth-order valence-corrected chi connectivity index (χ4v) is 5.35. The summed E-state index contributed by atoms with van der Waals surface area (Å²) in [6, 6.07) is 6.05. The average molecular weight is 504 g/mol. The summed E-state index contributed by atoms with van der Waals surface area (Å²) in [6.07, 6.45) is 5.67. The second kappa shape index (κ2) is 11.0. The van der Waals surface area contributed by atoms with Crippen molar-refractivity contribution in [2.75, 3.05) is 33.2 Å². The van der Waals surface area contributed by atoms with Gasteiger partial charge in [0.15, 0.2) is 0 Å². The molecular formula is C25H31Cl2N5O2. The lowest BCUT2D eigenvalue weighted by Crippen LogP contribution is -2.46. The number of carbonyl (C=O) groups excluding carboxylic acids is 2. The Kier molecular flexibility index (Phi) is 8.06. The summed E-state index contributed by atoms with van der Waals surface area (Å²) >= 11 is 12.1. The third-order valence-electron chi connectivity index (χ3n) is 7.13. The number of hydrogen-bond acceptors (Lipinski definition) is 5. The van der Waals surface area contributed by atoms with Crippen LogP contribution in [0.25, 0.3) is 0 Å². The topological polar surface area (TPSA) is 78.4 Å². The van der Waals surface area contributed by atoms with Crippen molar-refractivity contribution in [1.29, 1.82) is 0 Å². The van der Waals surface area contributed by atoms with E-state index in [0.29, 0.717) is 41.3 Å². The van der Waals surface area contributed by atoms with Crippen molar-refractivity contribution in [3.63, 3.8) is 0 Å². The average Bonchev–Trinajstić information content (AvgIpc) is 3.35. The Morgan fingerprint density at radius 3 is 2.53 bits per heavy atom. The van der Waals surface area contributed by atoms with Crippen molar-refractivity contribution < 1.29 is 9.59 Å². The highest BCUT2D eigenvalue weighted by molar-refractivity contribution is 6.42. The first-order valence-electron chi connectivity index (χ1n) is 11.9. The molecule has 1 aromatic carbocycles. The molecule has 3 heterocycles. The molecule has 7 nitrogen and oxygen atoms in total. The van der Waals surface area contributed by atoms with Gasteiger partial charge >= 0.3 is 0 Å². The lowest BCUT2D eigenvalue weighted by molar-refractivity contribution is -0.124. The van der Waals surface area contributed by atoms with Gasteiger partial charge in [0.05, 0.1) is 16.0 Å². The lowest BCUT2D eigenvalue weighted by Gasteiger charge is -2.36. The summed E-state index contributed by atoms with van der Waals surface area (Å²) in [5.74, 6) is 0.179. The number of rotatable bonds is 6. The van der Waals surface area contributed by atoms with Gasteiger partial charge < -0.3 is 10.2 Å². The maximum absolute atomic E-state index is 13.3. The van der Waals surface area contributed by atoms with Gasteiger partial charge in [-0.25, -0.2) is 9.97 Å². The van der Waals surface area contributed by atoms with Crippen LogP contribution in [0.2, 0.25) is 10.0 Å². The van der Waals surface area contributed by atoms with E-state index in [2.05, 4.69) is 20.2 Å². The highest BCUT2D eigenvalue weighted by Crippen LogP contribution is 2.26. The van der Waals surface area contributed by atoms with Crippen LogP contribution in [0.1, 0.15) is 46.6 Å². The van der Waals surface area contributed by atoms with Crippen molar-refractivity contribution in [3.05, 3.63) is 57.1 Å². The van der Waals surface area contributed by atoms with E-state index in [1.807, 2.05) is 24.0 Å². The molecule has 0 bridgehead atoms. The Balaban J connectivity index is 1.34. The number of halogens is 2. The molecule has 0 aliphatic carbocycles. The molecular weight excluding hydrogens is 473 g/mol. The van der Waals surface area contributed by atoms with Crippen molar-refractivity contribution >= 4 is 35.0 Å². The number of carbonyl (C=O) groups is 2. The largest absolute Gasteiger partial charge is 0.359 e. The van der Waals surface area contributed by atoms with E-state index in [-0.39, 0.29) is 17.7 Å². The normalized spacial score (nSPS) is 19.4. The van der Waals surface area contributed by atoms with Crippen molar-refractivity contribution in [1.82, 2.24) is 25.1 Å². The predicted octanol–water partition coefficient (Wildman–Crippen LogP) is 3.55. The molecule has 34 heavy (non-hydrogen) atoms. The van der Waals surface area contributed by atoms with Crippen LogP contribution in [0, 0.1) is 12.8 Å².